The Morgan fingerprint density at radius 1 is 1.73 bits per heavy atom. The van der Waals surface area contributed by atoms with Crippen molar-refractivity contribution in [3.05, 3.63) is 18.2 Å². The van der Waals surface area contributed by atoms with Gasteiger partial charge in [-0.15, -0.1) is 0 Å². The van der Waals surface area contributed by atoms with Crippen molar-refractivity contribution in [1.82, 2.24) is 14.9 Å². The van der Waals surface area contributed by atoms with E-state index in [1.54, 1.807) is 13.1 Å². The van der Waals surface area contributed by atoms with Crippen molar-refractivity contribution in [2.75, 3.05) is 0 Å². The molecule has 0 fully saturated rings. The van der Waals surface area contributed by atoms with Crippen molar-refractivity contribution in [2.24, 2.45) is 0 Å². The Balaban J connectivity index is 0.00000196. The van der Waals surface area contributed by atoms with E-state index in [4.69, 9.17) is 5.11 Å². The molecule has 1 aromatic rings. The van der Waals surface area contributed by atoms with Gasteiger partial charge in [-0.25, -0.2) is 4.98 Å². The molecule has 86 valence electrons. The van der Waals surface area contributed by atoms with Crippen LogP contribution in [0, 0.1) is 0 Å². The molecule has 1 heterocycles. The van der Waals surface area contributed by atoms with Crippen LogP contribution in [-0.4, -0.2) is 26.7 Å². The Bertz CT molecular complexity index is 309. The molecule has 0 radical (unpaired) electrons. The van der Waals surface area contributed by atoms with Gasteiger partial charge in [-0.2, -0.15) is 0 Å². The summed E-state index contributed by atoms with van der Waals surface area (Å²) in [5, 5.41) is 11.5. The summed E-state index contributed by atoms with van der Waals surface area (Å²) in [6.07, 6.45) is 3.59. The van der Waals surface area contributed by atoms with Crippen molar-refractivity contribution in [1.29, 1.82) is 0 Å². The van der Waals surface area contributed by atoms with Crippen LogP contribution >= 0.6 is 0 Å². The minimum absolute atomic E-state index is 0. The van der Waals surface area contributed by atoms with E-state index in [1.807, 2.05) is 17.7 Å². The highest BCUT2D eigenvalue weighted by Crippen LogP contribution is 1.97. The highest BCUT2D eigenvalue weighted by atomic mass is 16.4. The van der Waals surface area contributed by atoms with Crippen molar-refractivity contribution in [3.8, 4) is 0 Å². The minimum Gasteiger partial charge on any atom is -0.480 e. The zero-order chi connectivity index (χ0) is 10.6. The number of carboxylic acids is 1. The molecule has 1 aromatic heterocycles. The summed E-state index contributed by atoms with van der Waals surface area (Å²) in [7, 11) is 0. The zero-order valence-electron chi connectivity index (χ0n) is 8.40. The molecule has 0 amide bonds. The van der Waals surface area contributed by atoms with Crippen LogP contribution in [0.15, 0.2) is 12.4 Å². The second-order valence-electron chi connectivity index (χ2n) is 3.07. The molecule has 0 spiro atoms. The molecule has 0 bridgehead atoms. The molecule has 1 atom stereocenters. The first-order valence-corrected chi connectivity index (χ1v) is 4.61. The standard InChI is InChI=1S/C9H15N3O2.CH4/c1-3-12-5-4-10-8(12)6-11-7(2)9(13)14;/h4-5,7,11H,3,6H2,1-2H3,(H,13,14);1H4. The van der Waals surface area contributed by atoms with E-state index in [0.717, 1.165) is 12.4 Å². The molecular formula is C10H19N3O2. The summed E-state index contributed by atoms with van der Waals surface area (Å²) >= 11 is 0. The monoisotopic (exact) mass is 213 g/mol. The Hall–Kier alpha value is -1.36. The van der Waals surface area contributed by atoms with Gasteiger partial charge in [0.1, 0.15) is 11.9 Å². The first kappa shape index (κ1) is 13.6. The summed E-state index contributed by atoms with van der Waals surface area (Å²) < 4.78 is 1.97. The third kappa shape index (κ3) is 3.71. The molecule has 2 N–H and O–H groups in total. The van der Waals surface area contributed by atoms with Gasteiger partial charge in [-0.1, -0.05) is 7.43 Å². The predicted octanol–water partition coefficient (Wildman–Crippen LogP) is 1.10. The molecule has 0 aliphatic carbocycles. The second kappa shape index (κ2) is 6.19. The van der Waals surface area contributed by atoms with Crippen LogP contribution in [0.3, 0.4) is 0 Å². The van der Waals surface area contributed by atoms with Crippen molar-refractivity contribution in [3.63, 3.8) is 0 Å². The fourth-order valence-electron chi connectivity index (χ4n) is 1.13. The lowest BCUT2D eigenvalue weighted by atomic mass is 10.3. The van der Waals surface area contributed by atoms with Gasteiger partial charge in [0, 0.05) is 18.9 Å². The third-order valence-corrected chi connectivity index (χ3v) is 2.08. The molecule has 15 heavy (non-hydrogen) atoms. The average Bonchev–Trinajstić information content (AvgIpc) is 2.60. The van der Waals surface area contributed by atoms with E-state index in [9.17, 15) is 4.79 Å². The van der Waals surface area contributed by atoms with Gasteiger partial charge >= 0.3 is 5.97 Å². The normalized spacial score (nSPS) is 11.9. The number of aryl methyl sites for hydroxylation is 1. The quantitative estimate of drug-likeness (QED) is 0.768. The van der Waals surface area contributed by atoms with Crippen LogP contribution in [0.2, 0.25) is 0 Å². The Morgan fingerprint density at radius 2 is 2.40 bits per heavy atom. The Morgan fingerprint density at radius 3 is 2.93 bits per heavy atom. The second-order valence-corrected chi connectivity index (χ2v) is 3.07. The first-order valence-electron chi connectivity index (χ1n) is 4.61. The van der Waals surface area contributed by atoms with E-state index in [2.05, 4.69) is 10.3 Å². The molecule has 1 rings (SSSR count). The summed E-state index contributed by atoms with van der Waals surface area (Å²) in [4.78, 5) is 14.6. The van der Waals surface area contributed by atoms with Crippen LogP contribution in [0.25, 0.3) is 0 Å². The molecule has 0 aromatic carbocycles. The Labute approximate surface area is 90.1 Å². The third-order valence-electron chi connectivity index (χ3n) is 2.08. The van der Waals surface area contributed by atoms with Crippen molar-refractivity contribution < 1.29 is 9.90 Å². The Kier molecular flexibility index (Phi) is 5.62. The smallest absolute Gasteiger partial charge is 0.320 e. The summed E-state index contributed by atoms with van der Waals surface area (Å²) in [6, 6.07) is -0.544. The fraction of sp³-hybridized carbons (Fsp3) is 0.600. The van der Waals surface area contributed by atoms with Gasteiger partial charge in [-0.05, 0) is 13.8 Å². The number of carboxylic acid groups (broad SMARTS) is 1. The zero-order valence-corrected chi connectivity index (χ0v) is 8.40. The summed E-state index contributed by atoms with van der Waals surface area (Å²) in [6.45, 7) is 4.96. The van der Waals surface area contributed by atoms with Crippen molar-refractivity contribution in [2.45, 2.75) is 40.4 Å². The minimum atomic E-state index is -0.848. The maximum absolute atomic E-state index is 10.5. The van der Waals surface area contributed by atoms with Gasteiger partial charge in [0.15, 0.2) is 0 Å². The van der Waals surface area contributed by atoms with Gasteiger partial charge in [0.2, 0.25) is 0 Å². The van der Waals surface area contributed by atoms with Gasteiger partial charge in [-0.3, -0.25) is 10.1 Å². The highest BCUT2D eigenvalue weighted by molar-refractivity contribution is 5.72. The average molecular weight is 213 g/mol. The predicted molar refractivity (Wildman–Crippen MR) is 58.6 cm³/mol. The van der Waals surface area contributed by atoms with Crippen molar-refractivity contribution >= 4 is 5.97 Å². The number of rotatable bonds is 5. The summed E-state index contributed by atoms with van der Waals surface area (Å²) in [5.41, 5.74) is 0. The van der Waals surface area contributed by atoms with Gasteiger partial charge in [0.25, 0.3) is 0 Å². The molecule has 1 unspecified atom stereocenters. The van der Waals surface area contributed by atoms with E-state index < -0.39 is 12.0 Å². The molecule has 0 saturated carbocycles. The molecule has 0 aliphatic rings. The van der Waals surface area contributed by atoms with Gasteiger partial charge in [0.05, 0.1) is 6.54 Å². The van der Waals surface area contributed by atoms with Crippen LogP contribution in [0.1, 0.15) is 27.1 Å². The van der Waals surface area contributed by atoms with Crippen LogP contribution in [0.5, 0.6) is 0 Å². The SMILES string of the molecule is C.CCn1ccnc1CNC(C)C(=O)O. The number of nitrogens with zero attached hydrogens (tertiary/aromatic N) is 2. The van der Waals surface area contributed by atoms with Gasteiger partial charge < -0.3 is 9.67 Å². The van der Waals surface area contributed by atoms with E-state index in [0.29, 0.717) is 6.54 Å². The lowest BCUT2D eigenvalue weighted by molar-refractivity contribution is -0.139. The van der Waals surface area contributed by atoms with E-state index in [1.165, 1.54) is 0 Å². The number of imidazole rings is 1. The van der Waals surface area contributed by atoms with Crippen LogP contribution in [-0.2, 0) is 17.9 Å². The maximum atomic E-state index is 10.5. The molecule has 5 nitrogen and oxygen atoms in total. The number of nitrogens with one attached hydrogen (secondary N) is 1. The highest BCUT2D eigenvalue weighted by Gasteiger charge is 2.10. The van der Waals surface area contributed by atoms with E-state index in [-0.39, 0.29) is 7.43 Å². The lowest BCUT2D eigenvalue weighted by Crippen LogP contribution is -2.33. The lowest BCUT2D eigenvalue weighted by Gasteiger charge is -2.09. The largest absolute Gasteiger partial charge is 0.480 e. The molecule has 5 heteroatoms. The molecular weight excluding hydrogens is 194 g/mol. The topological polar surface area (TPSA) is 67.2 Å². The van der Waals surface area contributed by atoms with E-state index >= 15 is 0 Å². The summed E-state index contributed by atoms with van der Waals surface area (Å²) in [5.74, 6) is 0.0141. The number of hydrogen-bond donors (Lipinski definition) is 2. The number of aliphatic carboxylic acids is 1. The first-order chi connectivity index (χ1) is 6.65. The number of carbonyl (C=O) groups is 1. The van der Waals surface area contributed by atoms with Crippen LogP contribution < -0.4 is 5.32 Å². The number of hydrogen-bond acceptors (Lipinski definition) is 3. The van der Waals surface area contributed by atoms with Crippen LogP contribution in [0.4, 0.5) is 0 Å². The molecule has 0 saturated heterocycles. The maximum Gasteiger partial charge on any atom is 0.320 e. The number of aromatic nitrogens is 2. The molecule has 0 aliphatic heterocycles. The fourth-order valence-corrected chi connectivity index (χ4v) is 1.13.